The second-order valence-electron chi connectivity index (χ2n) is 7.44. The minimum atomic E-state index is -4.49. The standard InChI is InChI=1S/C23H19Cl2F3N6/c24-17-4-2-14(11-18(17)25)33-13-3-6-20-16(10-13)21(31-7-8-32-22(29)30)15-9-12(23(26,27)28)1-5-19(15)34-20/h1-6,9-11,33H,7-8H2,(H,31,34)(H4,29,30,32). The molecule has 0 aliphatic rings. The maximum absolute atomic E-state index is 13.4. The molecule has 11 heteroatoms. The van der Waals surface area contributed by atoms with E-state index in [0.29, 0.717) is 55.5 Å². The SMILES string of the molecule is NC(N)=NCCNc1c2cc(Nc3ccc(Cl)c(Cl)c3)ccc2nc2ccc(C(F)(F)F)cc12. The Hall–Kier alpha value is -3.43. The quantitative estimate of drug-likeness (QED) is 0.109. The summed E-state index contributed by atoms with van der Waals surface area (Å²) in [5.41, 5.74) is 12.9. The van der Waals surface area contributed by atoms with Crippen LogP contribution < -0.4 is 22.1 Å². The van der Waals surface area contributed by atoms with E-state index in [1.807, 2.05) is 6.07 Å². The second kappa shape index (κ2) is 9.44. The first-order chi connectivity index (χ1) is 16.1. The van der Waals surface area contributed by atoms with E-state index < -0.39 is 11.7 Å². The smallest absolute Gasteiger partial charge is 0.382 e. The first-order valence-corrected chi connectivity index (χ1v) is 10.8. The highest BCUT2D eigenvalue weighted by Crippen LogP contribution is 2.37. The summed E-state index contributed by atoms with van der Waals surface area (Å²) in [7, 11) is 0. The molecule has 0 amide bonds. The van der Waals surface area contributed by atoms with Crippen molar-refractivity contribution < 1.29 is 13.2 Å². The monoisotopic (exact) mass is 506 g/mol. The van der Waals surface area contributed by atoms with Gasteiger partial charge in [-0.05, 0) is 54.6 Å². The molecule has 0 saturated heterocycles. The van der Waals surface area contributed by atoms with Crippen LogP contribution in [0.3, 0.4) is 0 Å². The van der Waals surface area contributed by atoms with Crippen LogP contribution in [0.2, 0.25) is 10.0 Å². The van der Waals surface area contributed by atoms with Gasteiger partial charge in [-0.1, -0.05) is 23.2 Å². The highest BCUT2D eigenvalue weighted by Gasteiger charge is 2.31. The minimum Gasteiger partial charge on any atom is -0.382 e. The number of nitrogens with zero attached hydrogens (tertiary/aromatic N) is 2. The molecule has 4 aromatic rings. The minimum absolute atomic E-state index is 0.0706. The van der Waals surface area contributed by atoms with Gasteiger partial charge in [0.15, 0.2) is 5.96 Å². The lowest BCUT2D eigenvalue weighted by Gasteiger charge is -2.16. The van der Waals surface area contributed by atoms with Crippen LogP contribution in [0.15, 0.2) is 59.6 Å². The van der Waals surface area contributed by atoms with E-state index in [1.54, 1.807) is 30.3 Å². The van der Waals surface area contributed by atoms with E-state index in [4.69, 9.17) is 34.7 Å². The average Bonchev–Trinajstić information content (AvgIpc) is 2.77. The Morgan fingerprint density at radius 2 is 1.53 bits per heavy atom. The van der Waals surface area contributed by atoms with Gasteiger partial charge in [-0.15, -0.1) is 0 Å². The summed E-state index contributed by atoms with van der Waals surface area (Å²) in [6, 6.07) is 14.0. The van der Waals surface area contributed by atoms with Crippen molar-refractivity contribution >= 4 is 68.0 Å². The summed E-state index contributed by atoms with van der Waals surface area (Å²) in [5, 5.41) is 8.18. The number of nitrogens with two attached hydrogens (primary N) is 2. The number of rotatable bonds is 6. The summed E-state index contributed by atoms with van der Waals surface area (Å²) >= 11 is 12.1. The third kappa shape index (κ3) is 5.21. The Labute approximate surface area is 202 Å². The molecular weight excluding hydrogens is 488 g/mol. The number of alkyl halides is 3. The van der Waals surface area contributed by atoms with Crippen LogP contribution in [0.1, 0.15) is 5.56 Å². The summed E-state index contributed by atoms with van der Waals surface area (Å²) in [6.45, 7) is 0.542. The van der Waals surface area contributed by atoms with Gasteiger partial charge in [-0.2, -0.15) is 13.2 Å². The lowest BCUT2D eigenvalue weighted by atomic mass is 10.0. The molecule has 0 aliphatic heterocycles. The van der Waals surface area contributed by atoms with Crippen molar-refractivity contribution in [1.29, 1.82) is 0 Å². The number of aliphatic imine (C=N–C) groups is 1. The number of pyridine rings is 1. The van der Waals surface area contributed by atoms with Gasteiger partial charge in [-0.25, -0.2) is 4.98 Å². The number of hydrogen-bond donors (Lipinski definition) is 4. The van der Waals surface area contributed by atoms with Crippen LogP contribution in [0.4, 0.5) is 30.2 Å². The molecule has 0 unspecified atom stereocenters. The molecule has 0 radical (unpaired) electrons. The van der Waals surface area contributed by atoms with Crippen molar-refractivity contribution in [1.82, 2.24) is 4.98 Å². The van der Waals surface area contributed by atoms with Gasteiger partial charge in [-0.3, -0.25) is 4.99 Å². The molecule has 34 heavy (non-hydrogen) atoms. The van der Waals surface area contributed by atoms with Crippen LogP contribution in [-0.4, -0.2) is 24.0 Å². The molecule has 0 bridgehead atoms. The number of benzene rings is 3. The zero-order valence-corrected chi connectivity index (χ0v) is 19.1. The lowest BCUT2D eigenvalue weighted by molar-refractivity contribution is -0.137. The van der Waals surface area contributed by atoms with E-state index in [9.17, 15) is 13.2 Å². The fourth-order valence-electron chi connectivity index (χ4n) is 3.49. The summed E-state index contributed by atoms with van der Waals surface area (Å²) in [5.74, 6) is -0.0706. The van der Waals surface area contributed by atoms with Gasteiger partial charge in [0.2, 0.25) is 0 Å². The third-order valence-electron chi connectivity index (χ3n) is 5.02. The van der Waals surface area contributed by atoms with E-state index >= 15 is 0 Å². The molecule has 0 saturated carbocycles. The predicted molar refractivity (Wildman–Crippen MR) is 133 cm³/mol. The number of fused-ring (bicyclic) bond motifs is 2. The van der Waals surface area contributed by atoms with Gasteiger partial charge >= 0.3 is 6.18 Å². The average molecular weight is 507 g/mol. The molecule has 6 nitrogen and oxygen atoms in total. The maximum atomic E-state index is 13.4. The molecule has 4 rings (SSSR count). The van der Waals surface area contributed by atoms with Crippen LogP contribution >= 0.6 is 23.2 Å². The Morgan fingerprint density at radius 3 is 2.21 bits per heavy atom. The van der Waals surface area contributed by atoms with Crippen molar-refractivity contribution in [3.8, 4) is 0 Å². The zero-order valence-electron chi connectivity index (χ0n) is 17.5. The molecule has 1 aromatic heterocycles. The lowest BCUT2D eigenvalue weighted by Crippen LogP contribution is -2.24. The Morgan fingerprint density at radius 1 is 0.882 bits per heavy atom. The normalized spacial score (nSPS) is 11.6. The highest BCUT2D eigenvalue weighted by atomic mass is 35.5. The van der Waals surface area contributed by atoms with Crippen molar-refractivity contribution in [3.63, 3.8) is 0 Å². The number of anilines is 3. The van der Waals surface area contributed by atoms with Crippen LogP contribution in [0, 0.1) is 0 Å². The van der Waals surface area contributed by atoms with Crippen LogP contribution in [0.5, 0.6) is 0 Å². The number of guanidine groups is 1. The van der Waals surface area contributed by atoms with Crippen molar-refractivity contribution in [2.24, 2.45) is 16.5 Å². The molecule has 1 heterocycles. The maximum Gasteiger partial charge on any atom is 0.416 e. The van der Waals surface area contributed by atoms with E-state index in [2.05, 4.69) is 20.6 Å². The molecular formula is C23H19Cl2F3N6. The highest BCUT2D eigenvalue weighted by molar-refractivity contribution is 6.42. The van der Waals surface area contributed by atoms with Gasteiger partial charge in [0.05, 0.1) is 38.9 Å². The van der Waals surface area contributed by atoms with Crippen LogP contribution in [0.25, 0.3) is 21.8 Å². The molecule has 6 N–H and O–H groups in total. The Kier molecular flexibility index (Phi) is 6.58. The number of nitrogens with one attached hydrogen (secondary N) is 2. The first kappa shape index (κ1) is 23.7. The third-order valence-corrected chi connectivity index (χ3v) is 5.76. The van der Waals surface area contributed by atoms with E-state index in [-0.39, 0.29) is 12.5 Å². The first-order valence-electron chi connectivity index (χ1n) is 10.1. The second-order valence-corrected chi connectivity index (χ2v) is 8.25. The van der Waals surface area contributed by atoms with Gasteiger partial charge in [0, 0.05) is 28.7 Å². The fourth-order valence-corrected chi connectivity index (χ4v) is 3.79. The number of aromatic nitrogens is 1. The van der Waals surface area contributed by atoms with E-state index in [0.717, 1.165) is 12.1 Å². The number of halogens is 5. The van der Waals surface area contributed by atoms with Crippen molar-refractivity contribution in [3.05, 3.63) is 70.2 Å². The van der Waals surface area contributed by atoms with Gasteiger partial charge < -0.3 is 22.1 Å². The summed E-state index contributed by atoms with van der Waals surface area (Å²) in [4.78, 5) is 8.47. The fraction of sp³-hybridized carbons (Fsp3) is 0.130. The molecule has 0 aliphatic carbocycles. The molecule has 0 spiro atoms. The summed E-state index contributed by atoms with van der Waals surface area (Å²) < 4.78 is 40.2. The Balaban J connectivity index is 1.82. The van der Waals surface area contributed by atoms with Gasteiger partial charge in [0.25, 0.3) is 0 Å². The largest absolute Gasteiger partial charge is 0.416 e. The molecule has 3 aromatic carbocycles. The predicted octanol–water partition coefficient (Wildman–Crippen LogP) is 6.14. The topological polar surface area (TPSA) is 101 Å². The Bertz CT molecular complexity index is 1400. The molecule has 0 fully saturated rings. The van der Waals surface area contributed by atoms with Crippen LogP contribution in [-0.2, 0) is 6.18 Å². The molecule has 0 atom stereocenters. The van der Waals surface area contributed by atoms with Gasteiger partial charge in [0.1, 0.15) is 0 Å². The van der Waals surface area contributed by atoms with Crippen molar-refractivity contribution in [2.75, 3.05) is 23.7 Å². The van der Waals surface area contributed by atoms with E-state index in [1.165, 1.54) is 6.07 Å². The number of hydrogen-bond acceptors (Lipinski definition) is 4. The summed E-state index contributed by atoms with van der Waals surface area (Å²) in [6.07, 6.45) is -4.49. The zero-order chi connectivity index (χ0) is 24.5. The van der Waals surface area contributed by atoms with Crippen molar-refractivity contribution in [2.45, 2.75) is 6.18 Å². The molecule has 176 valence electrons.